The summed E-state index contributed by atoms with van der Waals surface area (Å²) in [4.78, 5) is 10.7. The monoisotopic (exact) mass is 222 g/mol. The molecule has 0 saturated carbocycles. The van der Waals surface area contributed by atoms with Gasteiger partial charge < -0.3 is 5.11 Å². The van der Waals surface area contributed by atoms with Crippen LogP contribution in [0.25, 0.3) is 0 Å². The van der Waals surface area contributed by atoms with Crippen LogP contribution in [0.15, 0.2) is 30.3 Å². The average Bonchev–Trinajstić information content (AvgIpc) is 2.31. The summed E-state index contributed by atoms with van der Waals surface area (Å²) >= 11 is 0. The Kier molecular flexibility index (Phi) is 7.27. The number of aliphatic carboxylic acids is 1. The van der Waals surface area contributed by atoms with E-state index < -0.39 is 5.97 Å². The molecule has 1 rings (SSSR count). The molecule has 16 heavy (non-hydrogen) atoms. The molecule has 1 aromatic carbocycles. The Hall–Kier alpha value is -1.31. The summed E-state index contributed by atoms with van der Waals surface area (Å²) in [6, 6.07) is 9.99. The molecule has 0 amide bonds. The van der Waals surface area contributed by atoms with E-state index in [0.717, 1.165) is 6.42 Å². The molecule has 0 heterocycles. The molecule has 2 nitrogen and oxygen atoms in total. The predicted molar refractivity (Wildman–Crippen MR) is 67.5 cm³/mol. The van der Waals surface area contributed by atoms with Gasteiger partial charge in [0.1, 0.15) is 0 Å². The van der Waals surface area contributed by atoms with Gasteiger partial charge in [0.2, 0.25) is 0 Å². The van der Waals surface area contributed by atoms with Gasteiger partial charge in [-0.2, -0.15) is 0 Å². The molecule has 0 aliphatic rings. The third kappa shape index (κ3) is 4.96. The van der Waals surface area contributed by atoms with E-state index in [0.29, 0.717) is 0 Å². The fraction of sp³-hybridized carbons (Fsp3) is 0.500. The second-order valence-corrected chi connectivity index (χ2v) is 3.79. The van der Waals surface area contributed by atoms with E-state index in [2.05, 4.69) is 0 Å². The standard InChI is InChI=1S/C12H16O2.C2H6/c1-9(10(2)12(13)14)8-11-6-4-3-5-7-11;1-2/h3-7,9-10H,8H2,1-2H3,(H,13,14);1-2H3. The largest absolute Gasteiger partial charge is 0.481 e. The van der Waals surface area contributed by atoms with Crippen LogP contribution in [0, 0.1) is 11.8 Å². The SMILES string of the molecule is CC.CC(Cc1ccccc1)C(C)C(=O)O. The van der Waals surface area contributed by atoms with Gasteiger partial charge in [-0.25, -0.2) is 0 Å². The van der Waals surface area contributed by atoms with Gasteiger partial charge in [-0.15, -0.1) is 0 Å². The van der Waals surface area contributed by atoms with Gasteiger partial charge in [0, 0.05) is 0 Å². The Morgan fingerprint density at radius 1 is 1.19 bits per heavy atom. The first-order chi connectivity index (χ1) is 7.61. The molecule has 90 valence electrons. The van der Waals surface area contributed by atoms with Crippen molar-refractivity contribution in [2.45, 2.75) is 34.1 Å². The normalized spacial score (nSPS) is 13.2. The van der Waals surface area contributed by atoms with E-state index in [1.165, 1.54) is 5.56 Å². The number of carboxylic acids is 1. The zero-order valence-electron chi connectivity index (χ0n) is 10.6. The third-order valence-electron chi connectivity index (χ3n) is 2.64. The topological polar surface area (TPSA) is 37.3 Å². The third-order valence-corrected chi connectivity index (χ3v) is 2.64. The van der Waals surface area contributed by atoms with E-state index >= 15 is 0 Å². The molecule has 0 spiro atoms. The van der Waals surface area contributed by atoms with Crippen molar-refractivity contribution < 1.29 is 9.90 Å². The van der Waals surface area contributed by atoms with Crippen molar-refractivity contribution in [2.75, 3.05) is 0 Å². The molecule has 0 fully saturated rings. The second kappa shape index (κ2) is 7.91. The molecule has 0 radical (unpaired) electrons. The van der Waals surface area contributed by atoms with Crippen molar-refractivity contribution in [3.8, 4) is 0 Å². The summed E-state index contributed by atoms with van der Waals surface area (Å²) in [6.07, 6.45) is 0.828. The number of carboxylic acid groups (broad SMARTS) is 1. The van der Waals surface area contributed by atoms with Gasteiger partial charge in [-0.05, 0) is 17.9 Å². The summed E-state index contributed by atoms with van der Waals surface area (Å²) < 4.78 is 0. The fourth-order valence-electron chi connectivity index (χ4n) is 1.41. The first kappa shape index (κ1) is 14.7. The molecule has 2 heteroatoms. The van der Waals surface area contributed by atoms with Crippen molar-refractivity contribution >= 4 is 5.97 Å². The molecular formula is C14H22O2. The van der Waals surface area contributed by atoms with Gasteiger partial charge >= 0.3 is 5.97 Å². The summed E-state index contributed by atoms with van der Waals surface area (Å²) in [6.45, 7) is 7.74. The minimum absolute atomic E-state index is 0.176. The highest BCUT2D eigenvalue weighted by Crippen LogP contribution is 2.16. The molecule has 0 aliphatic heterocycles. The maximum atomic E-state index is 10.7. The number of benzene rings is 1. The van der Waals surface area contributed by atoms with Crippen LogP contribution in [0.4, 0.5) is 0 Å². The van der Waals surface area contributed by atoms with Crippen LogP contribution in [-0.2, 0) is 11.2 Å². The highest BCUT2D eigenvalue weighted by Gasteiger charge is 2.19. The Balaban J connectivity index is 0.00000106. The zero-order valence-corrected chi connectivity index (χ0v) is 10.6. The predicted octanol–water partition coefficient (Wildman–Crippen LogP) is 3.61. The first-order valence-electron chi connectivity index (χ1n) is 5.88. The lowest BCUT2D eigenvalue weighted by molar-refractivity contribution is -0.142. The van der Waals surface area contributed by atoms with E-state index in [4.69, 9.17) is 5.11 Å². The van der Waals surface area contributed by atoms with Gasteiger partial charge in [0.25, 0.3) is 0 Å². The maximum Gasteiger partial charge on any atom is 0.306 e. The average molecular weight is 222 g/mol. The van der Waals surface area contributed by atoms with Crippen LogP contribution in [-0.4, -0.2) is 11.1 Å². The van der Waals surface area contributed by atoms with Crippen LogP contribution < -0.4 is 0 Å². The van der Waals surface area contributed by atoms with Gasteiger partial charge in [0.05, 0.1) is 5.92 Å². The summed E-state index contributed by atoms with van der Waals surface area (Å²) in [5.74, 6) is -0.821. The van der Waals surface area contributed by atoms with E-state index in [1.807, 2.05) is 51.1 Å². The van der Waals surface area contributed by atoms with Gasteiger partial charge in [0.15, 0.2) is 0 Å². The Morgan fingerprint density at radius 3 is 2.12 bits per heavy atom. The van der Waals surface area contributed by atoms with Crippen molar-refractivity contribution in [1.82, 2.24) is 0 Å². The van der Waals surface area contributed by atoms with Crippen molar-refractivity contribution in [2.24, 2.45) is 11.8 Å². The number of carbonyl (C=O) groups is 1. The quantitative estimate of drug-likeness (QED) is 0.845. The van der Waals surface area contributed by atoms with Crippen LogP contribution in [0.5, 0.6) is 0 Å². The van der Waals surface area contributed by atoms with Crippen molar-refractivity contribution in [3.63, 3.8) is 0 Å². The Labute approximate surface area is 98.3 Å². The van der Waals surface area contributed by atoms with E-state index in [-0.39, 0.29) is 11.8 Å². The minimum atomic E-state index is -0.714. The lowest BCUT2D eigenvalue weighted by Gasteiger charge is -2.15. The zero-order chi connectivity index (χ0) is 12.6. The van der Waals surface area contributed by atoms with Crippen molar-refractivity contribution in [3.05, 3.63) is 35.9 Å². The smallest absolute Gasteiger partial charge is 0.306 e. The maximum absolute atomic E-state index is 10.7. The lowest BCUT2D eigenvalue weighted by atomic mass is 9.90. The minimum Gasteiger partial charge on any atom is -0.481 e. The summed E-state index contributed by atoms with van der Waals surface area (Å²) in [7, 11) is 0. The van der Waals surface area contributed by atoms with E-state index in [1.54, 1.807) is 6.92 Å². The van der Waals surface area contributed by atoms with Crippen LogP contribution >= 0.6 is 0 Å². The number of rotatable bonds is 4. The highest BCUT2D eigenvalue weighted by molar-refractivity contribution is 5.69. The number of hydrogen-bond acceptors (Lipinski definition) is 1. The lowest BCUT2D eigenvalue weighted by Crippen LogP contribution is -2.19. The van der Waals surface area contributed by atoms with E-state index in [9.17, 15) is 4.79 Å². The molecule has 1 N–H and O–H groups in total. The fourth-order valence-corrected chi connectivity index (χ4v) is 1.41. The van der Waals surface area contributed by atoms with Gasteiger partial charge in [-0.3, -0.25) is 4.79 Å². The van der Waals surface area contributed by atoms with Crippen LogP contribution in [0.1, 0.15) is 33.3 Å². The highest BCUT2D eigenvalue weighted by atomic mass is 16.4. The molecule has 2 unspecified atom stereocenters. The first-order valence-corrected chi connectivity index (χ1v) is 5.88. The van der Waals surface area contributed by atoms with Crippen LogP contribution in [0.2, 0.25) is 0 Å². The summed E-state index contributed by atoms with van der Waals surface area (Å²) in [5.41, 5.74) is 1.20. The van der Waals surface area contributed by atoms with Gasteiger partial charge in [-0.1, -0.05) is 58.0 Å². The molecule has 2 atom stereocenters. The Morgan fingerprint density at radius 2 is 1.69 bits per heavy atom. The molecule has 0 bridgehead atoms. The molecule has 0 saturated heterocycles. The molecule has 0 aromatic heterocycles. The number of hydrogen-bond donors (Lipinski definition) is 1. The molecular weight excluding hydrogens is 200 g/mol. The van der Waals surface area contributed by atoms with Crippen LogP contribution in [0.3, 0.4) is 0 Å². The Bertz CT molecular complexity index is 293. The summed E-state index contributed by atoms with van der Waals surface area (Å²) in [5, 5.41) is 8.83. The second-order valence-electron chi connectivity index (χ2n) is 3.79. The molecule has 0 aliphatic carbocycles. The van der Waals surface area contributed by atoms with Crippen molar-refractivity contribution in [1.29, 1.82) is 0 Å². The molecule has 1 aromatic rings.